The highest BCUT2D eigenvalue weighted by atomic mass is 32.1. The summed E-state index contributed by atoms with van der Waals surface area (Å²) >= 11 is 1.67. The molecule has 1 aromatic carbocycles. The maximum Gasteiger partial charge on any atom is 0.242 e. The zero-order valence-electron chi connectivity index (χ0n) is 18.2. The van der Waals surface area contributed by atoms with Crippen LogP contribution in [-0.4, -0.2) is 47.4 Å². The van der Waals surface area contributed by atoms with Crippen LogP contribution < -0.4 is 0 Å². The van der Waals surface area contributed by atoms with Crippen molar-refractivity contribution < 1.29 is 14.3 Å². The third-order valence-electron chi connectivity index (χ3n) is 5.45. The summed E-state index contributed by atoms with van der Waals surface area (Å²) < 4.78 is 5.73. The lowest BCUT2D eigenvalue weighted by Crippen LogP contribution is -2.46. The van der Waals surface area contributed by atoms with Crippen molar-refractivity contribution in [2.75, 3.05) is 19.7 Å². The number of ether oxygens (including phenoxy) is 1. The largest absolute Gasteiger partial charge is 0.376 e. The van der Waals surface area contributed by atoms with Crippen molar-refractivity contribution in [2.24, 2.45) is 5.92 Å². The molecule has 0 radical (unpaired) electrons. The number of hydrogen-bond acceptors (Lipinski definition) is 4. The van der Waals surface area contributed by atoms with Crippen LogP contribution in [0.3, 0.4) is 0 Å². The quantitative estimate of drug-likeness (QED) is 0.600. The van der Waals surface area contributed by atoms with Crippen LogP contribution in [0.25, 0.3) is 0 Å². The number of thiophene rings is 1. The van der Waals surface area contributed by atoms with E-state index in [0.717, 1.165) is 25.0 Å². The summed E-state index contributed by atoms with van der Waals surface area (Å²) in [5.41, 5.74) is 2.28. The standard InChI is InChI=1S/C24H32N2O3S/c1-18(2)24(28)26(15-21-10-7-12-29-21)17-23(27)25(14-20-8-5-4-6-9-20)16-22-19(3)11-13-30-22/h4-6,8-9,11,13,18,21H,7,10,12,14-17H2,1-3H3. The fourth-order valence-corrected chi connectivity index (χ4v) is 4.59. The van der Waals surface area contributed by atoms with E-state index in [9.17, 15) is 9.59 Å². The molecule has 2 aromatic rings. The molecule has 1 aliphatic rings. The van der Waals surface area contributed by atoms with Crippen LogP contribution in [0, 0.1) is 12.8 Å². The summed E-state index contributed by atoms with van der Waals surface area (Å²) in [6.07, 6.45) is 1.99. The van der Waals surface area contributed by atoms with Gasteiger partial charge in [0, 0.05) is 30.5 Å². The van der Waals surface area contributed by atoms with Gasteiger partial charge in [-0.25, -0.2) is 0 Å². The predicted octanol–water partition coefficient (Wildman–Crippen LogP) is 4.25. The molecule has 1 aromatic heterocycles. The van der Waals surface area contributed by atoms with Gasteiger partial charge in [-0.1, -0.05) is 44.2 Å². The topological polar surface area (TPSA) is 49.9 Å². The number of benzene rings is 1. The van der Waals surface area contributed by atoms with Crippen molar-refractivity contribution in [1.29, 1.82) is 0 Å². The Balaban J connectivity index is 1.76. The average Bonchev–Trinajstić information content (AvgIpc) is 3.39. The minimum absolute atomic E-state index is 0.00538. The molecule has 1 saturated heterocycles. The van der Waals surface area contributed by atoms with E-state index in [1.54, 1.807) is 16.2 Å². The number of aryl methyl sites for hydroxylation is 1. The van der Waals surface area contributed by atoms with Crippen molar-refractivity contribution in [3.63, 3.8) is 0 Å². The van der Waals surface area contributed by atoms with Gasteiger partial charge in [-0.05, 0) is 42.3 Å². The van der Waals surface area contributed by atoms with Crippen molar-refractivity contribution in [3.8, 4) is 0 Å². The van der Waals surface area contributed by atoms with Gasteiger partial charge in [-0.3, -0.25) is 9.59 Å². The summed E-state index contributed by atoms with van der Waals surface area (Å²) in [6, 6.07) is 12.1. The van der Waals surface area contributed by atoms with E-state index in [0.29, 0.717) is 19.6 Å². The van der Waals surface area contributed by atoms with Gasteiger partial charge < -0.3 is 14.5 Å². The number of rotatable bonds is 9. The fourth-order valence-electron chi connectivity index (χ4n) is 3.67. The molecule has 0 saturated carbocycles. The Morgan fingerprint density at radius 3 is 2.50 bits per heavy atom. The molecule has 162 valence electrons. The number of carbonyl (C=O) groups excluding carboxylic acids is 2. The maximum atomic E-state index is 13.4. The van der Waals surface area contributed by atoms with E-state index in [1.807, 2.05) is 49.1 Å². The van der Waals surface area contributed by atoms with Crippen molar-refractivity contribution in [2.45, 2.75) is 52.8 Å². The fraction of sp³-hybridized carbons (Fsp3) is 0.500. The van der Waals surface area contributed by atoms with Gasteiger partial charge in [-0.15, -0.1) is 11.3 Å². The highest BCUT2D eigenvalue weighted by Crippen LogP contribution is 2.20. The number of nitrogens with zero attached hydrogens (tertiary/aromatic N) is 2. The Bertz CT molecular complexity index is 828. The molecule has 0 bridgehead atoms. The zero-order chi connectivity index (χ0) is 21.5. The Kier molecular flexibility index (Phi) is 8.05. The third-order valence-corrected chi connectivity index (χ3v) is 6.46. The Labute approximate surface area is 183 Å². The normalized spacial score (nSPS) is 16.1. The van der Waals surface area contributed by atoms with Gasteiger partial charge in [0.1, 0.15) is 0 Å². The lowest BCUT2D eigenvalue weighted by Gasteiger charge is -2.30. The molecule has 5 nitrogen and oxygen atoms in total. The van der Waals surface area contributed by atoms with Crippen molar-refractivity contribution >= 4 is 23.2 Å². The molecule has 0 N–H and O–H groups in total. The van der Waals surface area contributed by atoms with Gasteiger partial charge in [-0.2, -0.15) is 0 Å². The minimum atomic E-state index is -0.152. The first-order chi connectivity index (χ1) is 14.4. The van der Waals surface area contributed by atoms with Gasteiger partial charge in [0.25, 0.3) is 0 Å². The average molecular weight is 429 g/mol. The predicted molar refractivity (Wildman–Crippen MR) is 120 cm³/mol. The molecule has 0 aliphatic carbocycles. The van der Waals surface area contributed by atoms with Gasteiger partial charge in [0.15, 0.2) is 0 Å². The molecule has 6 heteroatoms. The molecule has 30 heavy (non-hydrogen) atoms. The monoisotopic (exact) mass is 428 g/mol. The molecule has 2 heterocycles. The second kappa shape index (κ2) is 10.7. The second-order valence-electron chi connectivity index (χ2n) is 8.27. The van der Waals surface area contributed by atoms with Crippen LogP contribution in [0.5, 0.6) is 0 Å². The molecule has 3 rings (SSSR count). The van der Waals surface area contributed by atoms with E-state index in [2.05, 4.69) is 18.4 Å². The minimum Gasteiger partial charge on any atom is -0.376 e. The molecular weight excluding hydrogens is 396 g/mol. The third kappa shape index (κ3) is 6.16. The molecule has 1 fully saturated rings. The number of hydrogen-bond donors (Lipinski definition) is 0. The van der Waals surface area contributed by atoms with E-state index in [4.69, 9.17) is 4.74 Å². The summed E-state index contributed by atoms with van der Waals surface area (Å²) in [5, 5.41) is 2.06. The SMILES string of the molecule is Cc1ccsc1CN(Cc1ccccc1)C(=O)CN(CC1CCCO1)C(=O)C(C)C. The molecular formula is C24H32N2O3S. The summed E-state index contributed by atoms with van der Waals surface area (Å²) in [6.45, 7) is 8.23. The lowest BCUT2D eigenvalue weighted by molar-refractivity contribution is -0.144. The van der Waals surface area contributed by atoms with Crippen LogP contribution in [0.2, 0.25) is 0 Å². The second-order valence-corrected chi connectivity index (χ2v) is 9.27. The van der Waals surface area contributed by atoms with Gasteiger partial charge in [0.05, 0.1) is 19.2 Å². The van der Waals surface area contributed by atoms with E-state index in [1.165, 1.54) is 10.4 Å². The number of amides is 2. The van der Waals surface area contributed by atoms with E-state index in [-0.39, 0.29) is 30.4 Å². The van der Waals surface area contributed by atoms with Gasteiger partial charge in [0.2, 0.25) is 11.8 Å². The highest BCUT2D eigenvalue weighted by molar-refractivity contribution is 7.10. The van der Waals surface area contributed by atoms with Crippen LogP contribution in [0.15, 0.2) is 41.8 Å². The van der Waals surface area contributed by atoms with Gasteiger partial charge >= 0.3 is 0 Å². The first-order valence-corrected chi connectivity index (χ1v) is 11.6. The van der Waals surface area contributed by atoms with Crippen LogP contribution >= 0.6 is 11.3 Å². The molecule has 0 spiro atoms. The molecule has 2 amide bonds. The first-order valence-electron chi connectivity index (χ1n) is 10.7. The molecule has 1 aliphatic heterocycles. The van der Waals surface area contributed by atoms with E-state index >= 15 is 0 Å². The van der Waals surface area contributed by atoms with E-state index < -0.39 is 0 Å². The van der Waals surface area contributed by atoms with Crippen LogP contribution in [0.1, 0.15) is 42.7 Å². The lowest BCUT2D eigenvalue weighted by atomic mass is 10.1. The Morgan fingerprint density at radius 2 is 1.90 bits per heavy atom. The van der Waals surface area contributed by atoms with Crippen molar-refractivity contribution in [1.82, 2.24) is 9.80 Å². The smallest absolute Gasteiger partial charge is 0.242 e. The highest BCUT2D eigenvalue weighted by Gasteiger charge is 2.27. The number of carbonyl (C=O) groups is 2. The summed E-state index contributed by atoms with van der Waals surface area (Å²) in [5.74, 6) is -0.175. The summed E-state index contributed by atoms with van der Waals surface area (Å²) in [7, 11) is 0. The van der Waals surface area contributed by atoms with Crippen LogP contribution in [-0.2, 0) is 27.4 Å². The zero-order valence-corrected chi connectivity index (χ0v) is 19.0. The Hall–Kier alpha value is -2.18. The maximum absolute atomic E-state index is 13.4. The Morgan fingerprint density at radius 1 is 1.13 bits per heavy atom. The van der Waals surface area contributed by atoms with Crippen LogP contribution in [0.4, 0.5) is 0 Å². The summed E-state index contributed by atoms with van der Waals surface area (Å²) in [4.78, 5) is 31.0. The molecule has 1 atom stereocenters. The van der Waals surface area contributed by atoms with Crippen molar-refractivity contribution in [3.05, 3.63) is 57.8 Å². The molecule has 1 unspecified atom stereocenters. The first kappa shape index (κ1) is 22.5.